The van der Waals surface area contributed by atoms with Gasteiger partial charge in [-0.25, -0.2) is 8.42 Å². The van der Waals surface area contributed by atoms with Gasteiger partial charge in [-0.2, -0.15) is 0 Å². The SMILES string of the molecule is CCN(C(=O)Cc1ccccc1-c1ccc(O)c(NS(C)(=O)=O)c1O)C(N)Cc1ccccc1. The third-order valence-electron chi connectivity index (χ3n) is 5.44. The van der Waals surface area contributed by atoms with Crippen LogP contribution in [0.4, 0.5) is 5.69 Å². The van der Waals surface area contributed by atoms with E-state index < -0.39 is 27.7 Å². The molecule has 3 aromatic carbocycles. The molecule has 0 fully saturated rings. The fourth-order valence-corrected chi connectivity index (χ4v) is 4.42. The third kappa shape index (κ3) is 6.06. The first-order valence-corrected chi connectivity index (χ1v) is 12.7. The van der Waals surface area contributed by atoms with Crippen molar-refractivity contribution in [3.63, 3.8) is 0 Å². The van der Waals surface area contributed by atoms with Crippen molar-refractivity contribution in [2.24, 2.45) is 5.73 Å². The number of anilines is 1. The van der Waals surface area contributed by atoms with Crippen LogP contribution in [0.2, 0.25) is 0 Å². The summed E-state index contributed by atoms with van der Waals surface area (Å²) in [6.45, 7) is 2.30. The predicted molar refractivity (Wildman–Crippen MR) is 133 cm³/mol. The Morgan fingerprint density at radius 1 is 1.00 bits per heavy atom. The number of hydrogen-bond acceptors (Lipinski definition) is 6. The van der Waals surface area contributed by atoms with Crippen molar-refractivity contribution in [3.05, 3.63) is 77.9 Å². The number of nitrogens with two attached hydrogens (primary N) is 1. The minimum Gasteiger partial charge on any atom is -0.506 e. The maximum absolute atomic E-state index is 13.2. The Hall–Kier alpha value is -3.56. The number of carbonyl (C=O) groups is 1. The van der Waals surface area contributed by atoms with Crippen molar-refractivity contribution < 1.29 is 23.4 Å². The lowest BCUT2D eigenvalue weighted by molar-refractivity contribution is -0.132. The molecule has 0 saturated heterocycles. The standard InChI is InChI=1S/C25H29N3O5S/c1-3-28(22(26)15-17-9-5-4-6-10-17)23(30)16-18-11-7-8-12-19(18)20-13-14-21(29)24(25(20)31)27-34(2,32)33/h4-14,22,27,29,31H,3,15-16,26H2,1-2H3. The fraction of sp³-hybridized carbons (Fsp3) is 0.240. The zero-order valence-electron chi connectivity index (χ0n) is 19.1. The van der Waals surface area contributed by atoms with Gasteiger partial charge in [-0.05, 0) is 35.7 Å². The summed E-state index contributed by atoms with van der Waals surface area (Å²) in [6.07, 6.45) is 0.964. The summed E-state index contributed by atoms with van der Waals surface area (Å²) in [7, 11) is -3.74. The van der Waals surface area contributed by atoms with Crippen molar-refractivity contribution in [2.45, 2.75) is 25.9 Å². The Kier molecular flexibility index (Phi) is 7.80. The number of hydrogen-bond donors (Lipinski definition) is 4. The molecule has 0 aromatic heterocycles. The Bertz CT molecular complexity index is 1260. The van der Waals surface area contributed by atoms with Gasteiger partial charge in [-0.15, -0.1) is 0 Å². The highest BCUT2D eigenvalue weighted by Crippen LogP contribution is 2.42. The van der Waals surface area contributed by atoms with Gasteiger partial charge >= 0.3 is 0 Å². The summed E-state index contributed by atoms with van der Waals surface area (Å²) < 4.78 is 25.5. The Labute approximate surface area is 199 Å². The normalized spacial score (nSPS) is 12.2. The van der Waals surface area contributed by atoms with Crippen molar-refractivity contribution in [1.29, 1.82) is 0 Å². The van der Waals surface area contributed by atoms with E-state index in [1.54, 1.807) is 29.2 Å². The molecule has 5 N–H and O–H groups in total. The van der Waals surface area contributed by atoms with E-state index in [4.69, 9.17) is 5.73 Å². The molecule has 3 aromatic rings. The summed E-state index contributed by atoms with van der Waals surface area (Å²) in [5, 5.41) is 20.8. The molecule has 3 rings (SSSR count). The smallest absolute Gasteiger partial charge is 0.230 e. The summed E-state index contributed by atoms with van der Waals surface area (Å²) in [5.41, 5.74) is 8.52. The lowest BCUT2D eigenvalue weighted by Gasteiger charge is -2.28. The highest BCUT2D eigenvalue weighted by Gasteiger charge is 2.23. The highest BCUT2D eigenvalue weighted by atomic mass is 32.2. The maximum Gasteiger partial charge on any atom is 0.230 e. The van der Waals surface area contributed by atoms with E-state index in [-0.39, 0.29) is 23.6 Å². The van der Waals surface area contributed by atoms with Gasteiger partial charge in [0.05, 0.1) is 18.8 Å². The number of nitrogens with zero attached hydrogens (tertiary/aromatic N) is 1. The summed E-state index contributed by atoms with van der Waals surface area (Å²) >= 11 is 0. The number of nitrogens with one attached hydrogen (secondary N) is 1. The lowest BCUT2D eigenvalue weighted by Crippen LogP contribution is -2.47. The molecule has 0 radical (unpaired) electrons. The number of rotatable bonds is 9. The quantitative estimate of drug-likeness (QED) is 0.273. The Morgan fingerprint density at radius 3 is 2.29 bits per heavy atom. The van der Waals surface area contributed by atoms with Crippen LogP contribution in [0.3, 0.4) is 0 Å². The van der Waals surface area contributed by atoms with Crippen molar-refractivity contribution in [3.8, 4) is 22.6 Å². The average molecular weight is 484 g/mol. The van der Waals surface area contributed by atoms with Gasteiger partial charge in [-0.1, -0.05) is 54.6 Å². The van der Waals surface area contributed by atoms with Crippen LogP contribution in [0.1, 0.15) is 18.1 Å². The van der Waals surface area contributed by atoms with Crippen LogP contribution in [0, 0.1) is 0 Å². The molecule has 0 heterocycles. The van der Waals surface area contributed by atoms with Gasteiger partial charge in [0.15, 0.2) is 5.75 Å². The average Bonchev–Trinajstić information content (AvgIpc) is 2.78. The zero-order chi connectivity index (χ0) is 24.9. The second-order valence-electron chi connectivity index (χ2n) is 8.00. The van der Waals surface area contributed by atoms with Gasteiger partial charge < -0.3 is 20.8 Å². The van der Waals surface area contributed by atoms with Crippen LogP contribution < -0.4 is 10.5 Å². The summed E-state index contributed by atoms with van der Waals surface area (Å²) in [6, 6.07) is 19.5. The number of carbonyl (C=O) groups excluding carboxylic acids is 1. The molecule has 0 aliphatic heterocycles. The van der Waals surface area contributed by atoms with E-state index >= 15 is 0 Å². The highest BCUT2D eigenvalue weighted by molar-refractivity contribution is 7.92. The van der Waals surface area contributed by atoms with E-state index in [1.165, 1.54) is 12.1 Å². The van der Waals surface area contributed by atoms with Crippen LogP contribution >= 0.6 is 0 Å². The fourth-order valence-electron chi connectivity index (χ4n) is 3.85. The molecule has 9 heteroatoms. The topological polar surface area (TPSA) is 133 Å². The lowest BCUT2D eigenvalue weighted by atomic mass is 9.95. The second kappa shape index (κ2) is 10.6. The van der Waals surface area contributed by atoms with E-state index in [9.17, 15) is 23.4 Å². The first-order chi connectivity index (χ1) is 16.1. The van der Waals surface area contributed by atoms with E-state index in [2.05, 4.69) is 4.72 Å². The van der Waals surface area contributed by atoms with Crippen LogP contribution in [0.25, 0.3) is 11.1 Å². The minimum atomic E-state index is -3.74. The van der Waals surface area contributed by atoms with Gasteiger partial charge in [0.1, 0.15) is 11.4 Å². The molecule has 8 nitrogen and oxygen atoms in total. The predicted octanol–water partition coefficient (Wildman–Crippen LogP) is 3.05. The van der Waals surface area contributed by atoms with Crippen LogP contribution in [0.5, 0.6) is 11.5 Å². The van der Waals surface area contributed by atoms with Gasteiger partial charge in [0.2, 0.25) is 15.9 Å². The molecule has 1 amide bonds. The molecule has 1 atom stereocenters. The Balaban J connectivity index is 1.90. The van der Waals surface area contributed by atoms with Gasteiger partial charge in [0, 0.05) is 18.5 Å². The van der Waals surface area contributed by atoms with Crippen LogP contribution in [-0.4, -0.2) is 48.4 Å². The molecule has 0 aliphatic rings. The molecule has 0 saturated carbocycles. The number of benzene rings is 3. The maximum atomic E-state index is 13.2. The molecular weight excluding hydrogens is 454 g/mol. The molecule has 1 unspecified atom stereocenters. The minimum absolute atomic E-state index is 0.0294. The molecular formula is C25H29N3O5S. The number of likely N-dealkylation sites (N-methyl/N-ethyl adjacent to an activating group) is 1. The number of aromatic hydroxyl groups is 2. The molecule has 0 bridgehead atoms. The number of phenolic OH excluding ortho intramolecular Hbond substituents is 2. The van der Waals surface area contributed by atoms with Crippen LogP contribution in [-0.2, 0) is 27.7 Å². The van der Waals surface area contributed by atoms with E-state index in [0.717, 1.165) is 11.8 Å². The third-order valence-corrected chi connectivity index (χ3v) is 6.02. The number of sulfonamides is 1. The molecule has 180 valence electrons. The van der Waals surface area contributed by atoms with Crippen molar-refractivity contribution >= 4 is 21.6 Å². The molecule has 0 spiro atoms. The first-order valence-electron chi connectivity index (χ1n) is 10.8. The zero-order valence-corrected chi connectivity index (χ0v) is 19.9. The number of amides is 1. The van der Waals surface area contributed by atoms with Crippen LogP contribution in [0.15, 0.2) is 66.7 Å². The van der Waals surface area contributed by atoms with Gasteiger partial charge in [0.25, 0.3) is 0 Å². The van der Waals surface area contributed by atoms with Crippen molar-refractivity contribution in [1.82, 2.24) is 4.90 Å². The van der Waals surface area contributed by atoms with E-state index in [1.807, 2.05) is 37.3 Å². The van der Waals surface area contributed by atoms with E-state index in [0.29, 0.717) is 24.1 Å². The number of phenols is 2. The Morgan fingerprint density at radius 2 is 1.65 bits per heavy atom. The second-order valence-corrected chi connectivity index (χ2v) is 9.75. The van der Waals surface area contributed by atoms with Gasteiger partial charge in [-0.3, -0.25) is 9.52 Å². The van der Waals surface area contributed by atoms with Crippen molar-refractivity contribution in [2.75, 3.05) is 17.5 Å². The first kappa shape index (κ1) is 25.1. The monoisotopic (exact) mass is 483 g/mol. The largest absolute Gasteiger partial charge is 0.506 e. The molecule has 0 aliphatic carbocycles. The summed E-state index contributed by atoms with van der Waals surface area (Å²) in [5.74, 6) is -1.02. The molecule has 34 heavy (non-hydrogen) atoms. The summed E-state index contributed by atoms with van der Waals surface area (Å²) in [4.78, 5) is 14.8.